The first kappa shape index (κ1) is 20.4. The quantitative estimate of drug-likeness (QED) is 0.406. The number of carbonyl (C=O) groups excluding carboxylic acids is 1. The lowest BCUT2D eigenvalue weighted by molar-refractivity contribution is -0.123. The van der Waals surface area contributed by atoms with Crippen LogP contribution in [0.15, 0.2) is 16.8 Å². The highest BCUT2D eigenvalue weighted by atomic mass is 32.2. The van der Waals surface area contributed by atoms with E-state index < -0.39 is 0 Å². The van der Waals surface area contributed by atoms with Gasteiger partial charge in [-0.25, -0.2) is 0 Å². The van der Waals surface area contributed by atoms with Crippen LogP contribution in [0.5, 0.6) is 0 Å². The van der Waals surface area contributed by atoms with E-state index in [0.29, 0.717) is 18.5 Å². The molecule has 0 saturated heterocycles. The fraction of sp³-hybridized carbons (Fsp3) is 0.762. The molecule has 0 aliphatic heterocycles. The van der Waals surface area contributed by atoms with Crippen LogP contribution in [-0.4, -0.2) is 33.5 Å². The van der Waals surface area contributed by atoms with Crippen molar-refractivity contribution >= 4 is 17.7 Å². The smallest absolute Gasteiger partial charge is 0.224 e. The van der Waals surface area contributed by atoms with Gasteiger partial charge in [-0.1, -0.05) is 50.1 Å². The van der Waals surface area contributed by atoms with Crippen LogP contribution in [0.4, 0.5) is 0 Å². The van der Waals surface area contributed by atoms with Crippen LogP contribution in [0.25, 0.3) is 0 Å². The summed E-state index contributed by atoms with van der Waals surface area (Å²) in [5, 5.41) is 13.0. The lowest BCUT2D eigenvalue weighted by Crippen LogP contribution is -2.28. The number of hydrogen-bond donors (Lipinski definition) is 1. The van der Waals surface area contributed by atoms with Gasteiger partial charge in [0, 0.05) is 19.0 Å². The summed E-state index contributed by atoms with van der Waals surface area (Å²) in [5.41, 5.74) is 1.37. The highest BCUT2D eigenvalue weighted by Gasteiger charge is 2.60. The SMILES string of the molecule is CSc1nnc(CCCNC(=O)C2C(C=C(C)C)C2(C)C)n1C1CCCC1. The van der Waals surface area contributed by atoms with Crippen molar-refractivity contribution in [3.63, 3.8) is 0 Å². The zero-order valence-corrected chi connectivity index (χ0v) is 18.2. The van der Waals surface area contributed by atoms with Gasteiger partial charge >= 0.3 is 0 Å². The van der Waals surface area contributed by atoms with Crippen molar-refractivity contribution in [3.05, 3.63) is 17.5 Å². The largest absolute Gasteiger partial charge is 0.356 e. The second-order valence-corrected chi connectivity index (χ2v) is 9.65. The van der Waals surface area contributed by atoms with Crippen LogP contribution in [0.1, 0.15) is 71.7 Å². The second kappa shape index (κ2) is 8.38. The summed E-state index contributed by atoms with van der Waals surface area (Å²) >= 11 is 1.68. The van der Waals surface area contributed by atoms with Gasteiger partial charge in [0.2, 0.25) is 5.91 Å². The maximum Gasteiger partial charge on any atom is 0.224 e. The average molecular weight is 391 g/mol. The molecule has 3 rings (SSSR count). The average Bonchev–Trinajstić information content (AvgIpc) is 3.05. The van der Waals surface area contributed by atoms with Crippen molar-refractivity contribution in [1.82, 2.24) is 20.1 Å². The van der Waals surface area contributed by atoms with E-state index in [1.807, 2.05) is 0 Å². The van der Waals surface area contributed by atoms with Crippen molar-refractivity contribution in [3.8, 4) is 0 Å². The van der Waals surface area contributed by atoms with E-state index in [1.165, 1.54) is 31.3 Å². The second-order valence-electron chi connectivity index (χ2n) is 8.87. The molecule has 2 aliphatic rings. The van der Waals surface area contributed by atoms with Crippen molar-refractivity contribution in [1.29, 1.82) is 0 Å². The molecule has 1 aromatic heterocycles. The lowest BCUT2D eigenvalue weighted by atomic mass is 10.1. The van der Waals surface area contributed by atoms with Crippen molar-refractivity contribution in [2.75, 3.05) is 12.8 Å². The van der Waals surface area contributed by atoms with E-state index in [1.54, 1.807) is 11.8 Å². The van der Waals surface area contributed by atoms with Crippen LogP contribution in [0.3, 0.4) is 0 Å². The standard InChI is InChI=1S/C21H34N4OS/c1-14(2)13-16-18(21(16,3)4)19(26)22-12-8-11-17-23-24-20(27-5)25(17)15-9-6-7-10-15/h13,15-16,18H,6-12H2,1-5H3,(H,22,26). The molecule has 0 bridgehead atoms. The van der Waals surface area contributed by atoms with Gasteiger partial charge < -0.3 is 9.88 Å². The Hall–Kier alpha value is -1.30. The first-order valence-electron chi connectivity index (χ1n) is 10.3. The molecule has 1 heterocycles. The summed E-state index contributed by atoms with van der Waals surface area (Å²) < 4.78 is 2.36. The van der Waals surface area contributed by atoms with Crippen LogP contribution < -0.4 is 5.32 Å². The van der Waals surface area contributed by atoms with Gasteiger partial charge in [0.15, 0.2) is 5.16 Å². The van der Waals surface area contributed by atoms with Gasteiger partial charge in [-0.3, -0.25) is 4.79 Å². The highest BCUT2D eigenvalue weighted by molar-refractivity contribution is 7.98. The van der Waals surface area contributed by atoms with Gasteiger partial charge in [0.25, 0.3) is 0 Å². The Morgan fingerprint density at radius 1 is 1.30 bits per heavy atom. The Morgan fingerprint density at radius 3 is 2.63 bits per heavy atom. The van der Waals surface area contributed by atoms with E-state index in [4.69, 9.17) is 0 Å². The molecular formula is C21H34N4OS. The molecule has 2 fully saturated rings. The minimum Gasteiger partial charge on any atom is -0.356 e. The first-order chi connectivity index (χ1) is 12.9. The molecule has 6 heteroatoms. The Bertz CT molecular complexity index is 699. The number of amides is 1. The molecule has 2 aliphatic carbocycles. The number of nitrogens with zero attached hydrogens (tertiary/aromatic N) is 3. The summed E-state index contributed by atoms with van der Waals surface area (Å²) in [4.78, 5) is 12.6. The third-order valence-electron chi connectivity index (χ3n) is 6.19. The molecule has 0 radical (unpaired) electrons. The number of nitrogens with one attached hydrogen (secondary N) is 1. The fourth-order valence-electron chi connectivity index (χ4n) is 4.56. The van der Waals surface area contributed by atoms with Crippen LogP contribution in [0, 0.1) is 17.3 Å². The summed E-state index contributed by atoms with van der Waals surface area (Å²) in [7, 11) is 0. The van der Waals surface area contributed by atoms with Crippen molar-refractivity contribution < 1.29 is 4.79 Å². The highest BCUT2D eigenvalue weighted by Crippen LogP contribution is 2.59. The van der Waals surface area contributed by atoms with Gasteiger partial charge in [-0.2, -0.15) is 0 Å². The van der Waals surface area contributed by atoms with E-state index in [9.17, 15) is 4.79 Å². The Labute approximate surface area is 167 Å². The first-order valence-corrected chi connectivity index (χ1v) is 11.5. The minimum atomic E-state index is 0.0806. The lowest BCUT2D eigenvalue weighted by Gasteiger charge is -2.16. The van der Waals surface area contributed by atoms with Gasteiger partial charge in [-0.05, 0) is 50.7 Å². The van der Waals surface area contributed by atoms with Crippen molar-refractivity contribution in [2.24, 2.45) is 17.3 Å². The number of thioether (sulfide) groups is 1. The molecule has 1 amide bonds. The molecular weight excluding hydrogens is 356 g/mol. The van der Waals surface area contributed by atoms with Gasteiger partial charge in [0.05, 0.1) is 5.92 Å². The Kier molecular flexibility index (Phi) is 6.34. The van der Waals surface area contributed by atoms with E-state index in [2.05, 4.69) is 60.1 Å². The summed E-state index contributed by atoms with van der Waals surface area (Å²) in [6, 6.07) is 0.559. The zero-order chi connectivity index (χ0) is 19.6. The molecule has 2 unspecified atom stereocenters. The molecule has 2 atom stereocenters. The molecule has 27 heavy (non-hydrogen) atoms. The predicted molar refractivity (Wildman–Crippen MR) is 111 cm³/mol. The Morgan fingerprint density at radius 2 is 2.00 bits per heavy atom. The van der Waals surface area contributed by atoms with Crippen LogP contribution >= 0.6 is 11.8 Å². The van der Waals surface area contributed by atoms with E-state index >= 15 is 0 Å². The number of aryl methyl sites for hydroxylation is 1. The summed E-state index contributed by atoms with van der Waals surface area (Å²) in [5.74, 6) is 1.76. The molecule has 0 spiro atoms. The topological polar surface area (TPSA) is 59.8 Å². The maximum absolute atomic E-state index is 12.6. The number of carbonyl (C=O) groups is 1. The molecule has 1 N–H and O–H groups in total. The van der Waals surface area contributed by atoms with Gasteiger partial charge in [0.1, 0.15) is 5.82 Å². The number of aromatic nitrogens is 3. The number of hydrogen-bond acceptors (Lipinski definition) is 4. The van der Waals surface area contributed by atoms with Gasteiger partial charge in [-0.15, -0.1) is 10.2 Å². The third kappa shape index (κ3) is 4.41. The molecule has 150 valence electrons. The number of allylic oxidation sites excluding steroid dienone is 2. The maximum atomic E-state index is 12.6. The van der Waals surface area contributed by atoms with E-state index in [0.717, 1.165) is 23.8 Å². The molecule has 2 saturated carbocycles. The summed E-state index contributed by atoms with van der Waals surface area (Å²) in [6.07, 6.45) is 11.2. The third-order valence-corrected chi connectivity index (χ3v) is 6.83. The molecule has 0 aromatic carbocycles. The Balaban J connectivity index is 1.50. The van der Waals surface area contributed by atoms with Crippen molar-refractivity contribution in [2.45, 2.75) is 77.4 Å². The normalized spacial score (nSPS) is 24.0. The van der Waals surface area contributed by atoms with Crippen LogP contribution in [-0.2, 0) is 11.2 Å². The van der Waals surface area contributed by atoms with E-state index in [-0.39, 0.29) is 17.2 Å². The summed E-state index contributed by atoms with van der Waals surface area (Å²) in [6.45, 7) is 9.29. The fourth-order valence-corrected chi connectivity index (χ4v) is 5.14. The molecule has 1 aromatic rings. The zero-order valence-electron chi connectivity index (χ0n) is 17.4. The van der Waals surface area contributed by atoms with Crippen LogP contribution in [0.2, 0.25) is 0 Å². The predicted octanol–water partition coefficient (Wildman–Crippen LogP) is 4.40. The monoisotopic (exact) mass is 390 g/mol. The molecule has 5 nitrogen and oxygen atoms in total. The number of rotatable bonds is 8. The minimum absolute atomic E-state index is 0.0806.